The van der Waals surface area contributed by atoms with E-state index in [1.165, 1.54) is 12.1 Å². The van der Waals surface area contributed by atoms with Crippen LogP contribution in [0.25, 0.3) is 0 Å². The molecule has 1 aromatic carbocycles. The largest absolute Gasteiger partial charge is 0.326 e. The SMILES string of the molecule is Cl.O=C(CCC1CCNC1)Nc1ccc(Cl)c(F)c1. The van der Waals surface area contributed by atoms with Crippen LogP contribution in [0.2, 0.25) is 5.02 Å². The van der Waals surface area contributed by atoms with Gasteiger partial charge in [0.1, 0.15) is 5.82 Å². The van der Waals surface area contributed by atoms with Gasteiger partial charge in [0.15, 0.2) is 0 Å². The Balaban J connectivity index is 0.00000180. The molecule has 3 nitrogen and oxygen atoms in total. The third-order valence-corrected chi connectivity index (χ3v) is 3.45. The number of hydrogen-bond donors (Lipinski definition) is 2. The second kappa shape index (κ2) is 7.68. The number of halogens is 3. The predicted octanol–water partition coefficient (Wildman–Crippen LogP) is 3.23. The Labute approximate surface area is 123 Å². The van der Waals surface area contributed by atoms with Crippen LogP contribution in [0.4, 0.5) is 10.1 Å². The fourth-order valence-electron chi connectivity index (χ4n) is 2.09. The highest BCUT2D eigenvalue weighted by molar-refractivity contribution is 6.30. The van der Waals surface area contributed by atoms with Gasteiger partial charge >= 0.3 is 0 Å². The molecule has 1 saturated heterocycles. The van der Waals surface area contributed by atoms with E-state index in [0.29, 0.717) is 18.0 Å². The Morgan fingerprint density at radius 3 is 2.95 bits per heavy atom. The highest BCUT2D eigenvalue weighted by atomic mass is 35.5. The van der Waals surface area contributed by atoms with Crippen molar-refractivity contribution in [1.82, 2.24) is 5.32 Å². The van der Waals surface area contributed by atoms with Gasteiger partial charge in [-0.2, -0.15) is 0 Å². The molecule has 19 heavy (non-hydrogen) atoms. The van der Waals surface area contributed by atoms with Crippen LogP contribution in [0.3, 0.4) is 0 Å². The maximum Gasteiger partial charge on any atom is 0.224 e. The molecule has 2 N–H and O–H groups in total. The third kappa shape index (κ3) is 4.97. The first-order valence-electron chi connectivity index (χ1n) is 6.11. The van der Waals surface area contributed by atoms with Crippen molar-refractivity contribution in [3.8, 4) is 0 Å². The highest BCUT2D eigenvalue weighted by Crippen LogP contribution is 2.19. The van der Waals surface area contributed by atoms with Crippen molar-refractivity contribution in [2.24, 2.45) is 5.92 Å². The molecule has 0 aromatic heterocycles. The van der Waals surface area contributed by atoms with Crippen molar-refractivity contribution in [1.29, 1.82) is 0 Å². The van der Waals surface area contributed by atoms with Crippen molar-refractivity contribution < 1.29 is 9.18 Å². The molecule has 0 spiro atoms. The molecular formula is C13H17Cl2FN2O. The molecule has 0 aliphatic carbocycles. The van der Waals surface area contributed by atoms with Gasteiger partial charge in [0, 0.05) is 12.1 Å². The molecule has 1 aliphatic rings. The number of nitrogens with one attached hydrogen (secondary N) is 2. The molecular weight excluding hydrogens is 290 g/mol. The molecule has 1 atom stereocenters. The van der Waals surface area contributed by atoms with Gasteiger partial charge in [0.05, 0.1) is 5.02 Å². The summed E-state index contributed by atoms with van der Waals surface area (Å²) in [7, 11) is 0. The fraction of sp³-hybridized carbons (Fsp3) is 0.462. The monoisotopic (exact) mass is 306 g/mol. The number of rotatable bonds is 4. The Hall–Kier alpha value is -0.840. The second-order valence-corrected chi connectivity index (χ2v) is 4.98. The molecule has 0 radical (unpaired) electrons. The maximum atomic E-state index is 13.2. The zero-order valence-corrected chi connectivity index (χ0v) is 12.0. The van der Waals surface area contributed by atoms with E-state index in [1.54, 1.807) is 6.07 Å². The molecule has 0 bridgehead atoms. The van der Waals surface area contributed by atoms with Gasteiger partial charge in [-0.15, -0.1) is 12.4 Å². The summed E-state index contributed by atoms with van der Waals surface area (Å²) >= 11 is 5.57. The first-order chi connectivity index (χ1) is 8.65. The van der Waals surface area contributed by atoms with Gasteiger partial charge in [-0.25, -0.2) is 4.39 Å². The lowest BCUT2D eigenvalue weighted by Gasteiger charge is -2.09. The van der Waals surface area contributed by atoms with E-state index in [2.05, 4.69) is 10.6 Å². The lowest BCUT2D eigenvalue weighted by molar-refractivity contribution is -0.116. The molecule has 1 aromatic rings. The summed E-state index contributed by atoms with van der Waals surface area (Å²) in [4.78, 5) is 11.7. The standard InChI is InChI=1S/C13H16ClFN2O.ClH/c14-11-3-2-10(7-12(11)15)17-13(18)4-1-9-5-6-16-8-9;/h2-3,7,9,16H,1,4-6,8H2,(H,17,18);1H. The zero-order chi connectivity index (χ0) is 13.0. The topological polar surface area (TPSA) is 41.1 Å². The number of anilines is 1. The first kappa shape index (κ1) is 16.2. The molecule has 106 valence electrons. The molecule has 1 unspecified atom stereocenters. The Kier molecular flexibility index (Phi) is 6.55. The van der Waals surface area contributed by atoms with Gasteiger partial charge in [0.2, 0.25) is 5.91 Å². The average Bonchev–Trinajstić information content (AvgIpc) is 2.84. The molecule has 1 fully saturated rings. The number of carbonyl (C=O) groups excluding carboxylic acids is 1. The Morgan fingerprint density at radius 1 is 1.53 bits per heavy atom. The number of amides is 1. The predicted molar refractivity (Wildman–Crippen MR) is 77.5 cm³/mol. The van der Waals surface area contributed by atoms with Crippen molar-refractivity contribution in [3.05, 3.63) is 29.0 Å². The molecule has 0 saturated carbocycles. The van der Waals surface area contributed by atoms with Crippen LogP contribution in [-0.2, 0) is 4.79 Å². The van der Waals surface area contributed by atoms with Crippen LogP contribution in [0, 0.1) is 11.7 Å². The van der Waals surface area contributed by atoms with Gasteiger partial charge in [-0.3, -0.25) is 4.79 Å². The smallest absolute Gasteiger partial charge is 0.224 e. The Bertz CT molecular complexity index is 437. The molecule has 1 amide bonds. The lowest BCUT2D eigenvalue weighted by Crippen LogP contribution is -2.15. The third-order valence-electron chi connectivity index (χ3n) is 3.15. The number of benzene rings is 1. The number of carbonyl (C=O) groups is 1. The van der Waals surface area contributed by atoms with Gasteiger partial charge in [-0.05, 0) is 50.0 Å². The summed E-state index contributed by atoms with van der Waals surface area (Å²) in [6.07, 6.45) is 2.47. The fourth-order valence-corrected chi connectivity index (χ4v) is 2.21. The van der Waals surface area contributed by atoms with Crippen LogP contribution >= 0.6 is 24.0 Å². The molecule has 2 rings (SSSR count). The van der Waals surface area contributed by atoms with E-state index in [9.17, 15) is 9.18 Å². The van der Waals surface area contributed by atoms with Crippen LogP contribution < -0.4 is 10.6 Å². The summed E-state index contributed by atoms with van der Waals surface area (Å²) in [6.45, 7) is 2.03. The van der Waals surface area contributed by atoms with Crippen molar-refractivity contribution in [3.63, 3.8) is 0 Å². The summed E-state index contributed by atoms with van der Waals surface area (Å²) < 4.78 is 13.2. The van der Waals surface area contributed by atoms with Gasteiger partial charge in [0.25, 0.3) is 0 Å². The normalized spacial score (nSPS) is 17.9. The molecule has 6 heteroatoms. The second-order valence-electron chi connectivity index (χ2n) is 4.57. The van der Waals surface area contributed by atoms with Crippen molar-refractivity contribution in [2.45, 2.75) is 19.3 Å². The zero-order valence-electron chi connectivity index (χ0n) is 10.4. The number of hydrogen-bond acceptors (Lipinski definition) is 2. The van der Waals surface area contributed by atoms with E-state index in [-0.39, 0.29) is 23.3 Å². The van der Waals surface area contributed by atoms with Crippen LogP contribution in [0.15, 0.2) is 18.2 Å². The minimum atomic E-state index is -0.519. The molecule has 1 aliphatic heterocycles. The van der Waals surface area contributed by atoms with Gasteiger partial charge in [-0.1, -0.05) is 11.6 Å². The minimum Gasteiger partial charge on any atom is -0.326 e. The van der Waals surface area contributed by atoms with Crippen LogP contribution in [0.1, 0.15) is 19.3 Å². The van der Waals surface area contributed by atoms with Gasteiger partial charge < -0.3 is 10.6 Å². The highest BCUT2D eigenvalue weighted by Gasteiger charge is 2.15. The van der Waals surface area contributed by atoms with Crippen LogP contribution in [-0.4, -0.2) is 19.0 Å². The average molecular weight is 307 g/mol. The summed E-state index contributed by atoms with van der Waals surface area (Å²) in [5.41, 5.74) is 0.450. The Morgan fingerprint density at radius 2 is 2.32 bits per heavy atom. The van der Waals surface area contributed by atoms with E-state index in [0.717, 1.165) is 25.9 Å². The quantitative estimate of drug-likeness (QED) is 0.896. The molecule has 1 heterocycles. The summed E-state index contributed by atoms with van der Waals surface area (Å²) in [5.74, 6) is -0.0178. The lowest BCUT2D eigenvalue weighted by atomic mass is 10.0. The first-order valence-corrected chi connectivity index (χ1v) is 6.48. The minimum absolute atomic E-state index is 0. The van der Waals surface area contributed by atoms with E-state index in [4.69, 9.17) is 11.6 Å². The summed E-state index contributed by atoms with van der Waals surface area (Å²) in [5, 5.41) is 6.00. The van der Waals surface area contributed by atoms with E-state index in [1.807, 2.05) is 0 Å². The maximum absolute atomic E-state index is 13.2. The van der Waals surface area contributed by atoms with E-state index >= 15 is 0 Å². The van der Waals surface area contributed by atoms with E-state index < -0.39 is 5.82 Å². The van der Waals surface area contributed by atoms with Crippen molar-refractivity contribution >= 4 is 35.6 Å². The summed E-state index contributed by atoms with van der Waals surface area (Å²) in [6, 6.07) is 4.27. The van der Waals surface area contributed by atoms with Crippen LogP contribution in [0.5, 0.6) is 0 Å². The van der Waals surface area contributed by atoms with Crippen molar-refractivity contribution in [2.75, 3.05) is 18.4 Å².